The molecule has 5 nitrogen and oxygen atoms in total. The number of anilines is 1. The van der Waals surface area contributed by atoms with Crippen LogP contribution in [0.4, 0.5) is 5.69 Å². The van der Waals surface area contributed by atoms with Crippen LogP contribution in [0.1, 0.15) is 21.7 Å². The Balaban J connectivity index is 1.65. The van der Waals surface area contributed by atoms with Crippen LogP contribution in [0.5, 0.6) is 0 Å². The molecule has 2 heterocycles. The summed E-state index contributed by atoms with van der Waals surface area (Å²) in [5.74, 6) is 0. The van der Waals surface area contributed by atoms with Crippen molar-refractivity contribution in [1.29, 1.82) is 0 Å². The number of hydrogen-bond acceptors (Lipinski definition) is 5. The number of likely N-dealkylation sites (N-methyl/N-ethyl adjacent to an activating group) is 1. The second-order valence-corrected chi connectivity index (χ2v) is 6.48. The molecule has 1 aromatic carbocycles. The minimum atomic E-state index is 0.694. The number of benzene rings is 1. The molecular weight excluding hydrogens is 336 g/mol. The van der Waals surface area contributed by atoms with Gasteiger partial charge in [-0.2, -0.15) is 0 Å². The summed E-state index contributed by atoms with van der Waals surface area (Å²) in [5.41, 5.74) is 3.88. The average Bonchev–Trinajstić information content (AvgIpc) is 2.73. The third kappa shape index (κ3) is 5.72. The highest BCUT2D eigenvalue weighted by Gasteiger charge is 2.10. The van der Waals surface area contributed by atoms with Crippen LogP contribution in [0, 0.1) is 0 Å². The van der Waals surface area contributed by atoms with Crippen LogP contribution < -0.4 is 4.90 Å². The van der Waals surface area contributed by atoms with Gasteiger partial charge in [-0.05, 0) is 48.5 Å². The van der Waals surface area contributed by atoms with Crippen LogP contribution in [-0.2, 0) is 13.1 Å². The normalized spacial score (nSPS) is 10.7. The van der Waals surface area contributed by atoms with E-state index >= 15 is 0 Å². The molecule has 3 aromatic rings. The van der Waals surface area contributed by atoms with Gasteiger partial charge in [0.2, 0.25) is 0 Å². The number of hydrogen-bond donors (Lipinski definition) is 0. The topological polar surface area (TPSA) is 49.3 Å². The van der Waals surface area contributed by atoms with Crippen LogP contribution in [-0.4, -0.2) is 41.3 Å². The fourth-order valence-corrected chi connectivity index (χ4v) is 2.88. The summed E-state index contributed by atoms with van der Waals surface area (Å²) in [7, 11) is 2.07. The highest BCUT2D eigenvalue weighted by molar-refractivity contribution is 5.75. The summed E-state index contributed by atoms with van der Waals surface area (Å²) < 4.78 is 0. The predicted octanol–water partition coefficient (Wildman–Crippen LogP) is 3.43. The highest BCUT2D eigenvalue weighted by atomic mass is 16.1. The molecular formula is C22H24N4O. The van der Waals surface area contributed by atoms with Gasteiger partial charge in [0.1, 0.15) is 6.29 Å². The zero-order valence-corrected chi connectivity index (χ0v) is 15.5. The van der Waals surface area contributed by atoms with E-state index < -0.39 is 0 Å². The van der Waals surface area contributed by atoms with Gasteiger partial charge in [-0.25, -0.2) is 0 Å². The molecule has 0 unspecified atom stereocenters. The molecule has 3 rings (SSSR count). The fraction of sp³-hybridized carbons (Fsp3) is 0.227. The lowest BCUT2D eigenvalue weighted by atomic mass is 10.2. The number of pyridine rings is 2. The van der Waals surface area contributed by atoms with E-state index in [-0.39, 0.29) is 0 Å². The van der Waals surface area contributed by atoms with Gasteiger partial charge in [0.25, 0.3) is 0 Å². The monoisotopic (exact) mass is 360 g/mol. The average molecular weight is 360 g/mol. The molecule has 2 aromatic heterocycles. The maximum atomic E-state index is 10.8. The number of aromatic nitrogens is 2. The van der Waals surface area contributed by atoms with Crippen molar-refractivity contribution in [2.45, 2.75) is 13.1 Å². The second-order valence-electron chi connectivity index (χ2n) is 6.48. The Morgan fingerprint density at radius 1 is 0.815 bits per heavy atom. The molecule has 0 N–H and O–H groups in total. The molecule has 0 saturated carbocycles. The summed E-state index contributed by atoms with van der Waals surface area (Å²) >= 11 is 0. The number of carbonyl (C=O) groups is 1. The first-order valence-electron chi connectivity index (χ1n) is 9.03. The number of carbonyl (C=O) groups excluding carboxylic acids is 1. The Kier molecular flexibility index (Phi) is 6.66. The molecule has 138 valence electrons. The van der Waals surface area contributed by atoms with Gasteiger partial charge < -0.3 is 4.90 Å². The summed E-state index contributed by atoms with van der Waals surface area (Å²) in [4.78, 5) is 24.3. The lowest BCUT2D eigenvalue weighted by molar-refractivity contribution is 0.112. The quantitative estimate of drug-likeness (QED) is 0.547. The largest absolute Gasteiger partial charge is 0.373 e. The summed E-state index contributed by atoms with van der Waals surface area (Å²) in [6.07, 6.45) is 4.52. The molecule has 27 heavy (non-hydrogen) atoms. The van der Waals surface area contributed by atoms with Crippen LogP contribution in [0.3, 0.4) is 0 Å². The zero-order valence-electron chi connectivity index (χ0n) is 15.5. The van der Waals surface area contributed by atoms with Crippen molar-refractivity contribution in [2.24, 2.45) is 0 Å². The standard InChI is InChI=1S/C22H24N4O/c1-25(22-10-8-19(18-27)9-11-22)14-15-26(16-20-6-2-4-12-23-20)17-21-7-3-5-13-24-21/h2-13,18H,14-17H2,1H3. The lowest BCUT2D eigenvalue weighted by Gasteiger charge is -2.26. The number of aldehydes is 1. The van der Waals surface area contributed by atoms with Crippen molar-refractivity contribution in [1.82, 2.24) is 14.9 Å². The Bertz CT molecular complexity index is 780. The Hall–Kier alpha value is -3.05. The lowest BCUT2D eigenvalue weighted by Crippen LogP contribution is -2.33. The molecule has 0 amide bonds. The molecule has 0 aliphatic rings. The van der Waals surface area contributed by atoms with Crippen LogP contribution >= 0.6 is 0 Å². The second kappa shape index (κ2) is 9.59. The summed E-state index contributed by atoms with van der Waals surface area (Å²) in [6.45, 7) is 3.28. The van der Waals surface area contributed by atoms with E-state index in [4.69, 9.17) is 0 Å². The first-order chi connectivity index (χ1) is 13.2. The van der Waals surface area contributed by atoms with Crippen LogP contribution in [0.15, 0.2) is 73.1 Å². The third-order valence-electron chi connectivity index (χ3n) is 4.45. The van der Waals surface area contributed by atoms with Gasteiger partial charge in [0.15, 0.2) is 0 Å². The molecule has 5 heteroatoms. The van der Waals surface area contributed by atoms with Crippen molar-refractivity contribution in [3.05, 3.63) is 90.0 Å². The molecule has 0 aliphatic heterocycles. The van der Waals surface area contributed by atoms with Gasteiger partial charge in [0, 0.05) is 56.9 Å². The minimum absolute atomic E-state index is 0.694. The van der Waals surface area contributed by atoms with Crippen LogP contribution in [0.2, 0.25) is 0 Å². The molecule has 0 aliphatic carbocycles. The van der Waals surface area contributed by atoms with E-state index in [1.807, 2.05) is 73.1 Å². The summed E-state index contributed by atoms with van der Waals surface area (Å²) in [5, 5.41) is 0. The third-order valence-corrected chi connectivity index (χ3v) is 4.45. The van der Waals surface area contributed by atoms with Crippen molar-refractivity contribution >= 4 is 12.0 Å². The Morgan fingerprint density at radius 3 is 1.89 bits per heavy atom. The zero-order chi connectivity index (χ0) is 18.9. The number of rotatable bonds is 9. The molecule has 0 spiro atoms. The predicted molar refractivity (Wildman–Crippen MR) is 108 cm³/mol. The molecule has 0 bridgehead atoms. The van der Waals surface area contributed by atoms with E-state index in [2.05, 4.69) is 26.8 Å². The Morgan fingerprint density at radius 2 is 1.41 bits per heavy atom. The van der Waals surface area contributed by atoms with Gasteiger partial charge in [0.05, 0.1) is 11.4 Å². The fourth-order valence-electron chi connectivity index (χ4n) is 2.88. The molecule has 0 fully saturated rings. The van der Waals surface area contributed by atoms with Crippen molar-refractivity contribution in [3.63, 3.8) is 0 Å². The van der Waals surface area contributed by atoms with Gasteiger partial charge >= 0.3 is 0 Å². The summed E-state index contributed by atoms with van der Waals surface area (Å²) in [6, 6.07) is 19.6. The van der Waals surface area contributed by atoms with Gasteiger partial charge in [-0.15, -0.1) is 0 Å². The van der Waals surface area contributed by atoms with E-state index in [9.17, 15) is 4.79 Å². The highest BCUT2D eigenvalue weighted by Crippen LogP contribution is 2.14. The molecule has 0 radical (unpaired) electrons. The number of nitrogens with zero attached hydrogens (tertiary/aromatic N) is 4. The Labute approximate surface area is 160 Å². The van der Waals surface area contributed by atoms with Gasteiger partial charge in [-0.3, -0.25) is 19.7 Å². The van der Waals surface area contributed by atoms with Gasteiger partial charge in [-0.1, -0.05) is 12.1 Å². The van der Waals surface area contributed by atoms with E-state index in [1.165, 1.54) is 0 Å². The van der Waals surface area contributed by atoms with E-state index in [0.717, 1.165) is 49.5 Å². The van der Waals surface area contributed by atoms with Crippen molar-refractivity contribution in [2.75, 3.05) is 25.0 Å². The SMILES string of the molecule is CN(CCN(Cc1ccccn1)Cc1ccccn1)c1ccc(C=O)cc1. The van der Waals surface area contributed by atoms with E-state index in [1.54, 1.807) is 0 Å². The first kappa shape index (κ1) is 18.7. The first-order valence-corrected chi connectivity index (χ1v) is 9.03. The smallest absolute Gasteiger partial charge is 0.150 e. The molecule has 0 atom stereocenters. The van der Waals surface area contributed by atoms with Crippen molar-refractivity contribution < 1.29 is 4.79 Å². The minimum Gasteiger partial charge on any atom is -0.373 e. The van der Waals surface area contributed by atoms with Crippen molar-refractivity contribution in [3.8, 4) is 0 Å². The maximum Gasteiger partial charge on any atom is 0.150 e. The van der Waals surface area contributed by atoms with E-state index in [0.29, 0.717) is 5.56 Å². The van der Waals surface area contributed by atoms with Crippen LogP contribution in [0.25, 0.3) is 0 Å². The molecule has 0 saturated heterocycles. The maximum absolute atomic E-state index is 10.8.